The van der Waals surface area contributed by atoms with Gasteiger partial charge in [-0.15, -0.1) is 0 Å². The summed E-state index contributed by atoms with van der Waals surface area (Å²) in [6.07, 6.45) is 0.749. The molecule has 2 aliphatic carbocycles. The van der Waals surface area contributed by atoms with E-state index in [1.807, 2.05) is 6.07 Å². The number of rotatable bonds is 6. The molecule has 2 aliphatic rings. The molecule has 1 aromatic heterocycles. The van der Waals surface area contributed by atoms with E-state index in [0.717, 1.165) is 43.4 Å². The number of hydrogen-bond donors (Lipinski definition) is 2. The van der Waals surface area contributed by atoms with Crippen molar-refractivity contribution in [2.24, 2.45) is 11.8 Å². The number of benzene rings is 2. The summed E-state index contributed by atoms with van der Waals surface area (Å²) in [6, 6.07) is 13.9. The van der Waals surface area contributed by atoms with Crippen LogP contribution in [0.4, 0.5) is 22.4 Å². The van der Waals surface area contributed by atoms with Gasteiger partial charge in [-0.1, -0.05) is 48.4 Å². The van der Waals surface area contributed by atoms with Gasteiger partial charge in [-0.2, -0.15) is 13.2 Å². The topological polar surface area (TPSA) is 54.0 Å². The van der Waals surface area contributed by atoms with Gasteiger partial charge in [-0.3, -0.25) is 4.98 Å². The third-order valence-corrected chi connectivity index (χ3v) is 7.80. The molecule has 194 valence electrons. The van der Waals surface area contributed by atoms with Crippen LogP contribution in [0.2, 0.25) is 5.02 Å². The minimum absolute atomic E-state index is 0.00963. The van der Waals surface area contributed by atoms with Crippen LogP contribution in [0, 0.1) is 17.7 Å². The molecule has 2 saturated carbocycles. The summed E-state index contributed by atoms with van der Waals surface area (Å²) >= 11 is 6.06. The van der Waals surface area contributed by atoms with Crippen molar-refractivity contribution in [2.75, 3.05) is 0 Å². The zero-order chi connectivity index (χ0) is 26.2. The van der Waals surface area contributed by atoms with Gasteiger partial charge < -0.3 is 10.6 Å². The van der Waals surface area contributed by atoms with Crippen molar-refractivity contribution in [1.29, 1.82) is 0 Å². The molecule has 0 aliphatic heterocycles. The van der Waals surface area contributed by atoms with Gasteiger partial charge in [0.2, 0.25) is 0 Å². The maximum atomic E-state index is 14.7. The molecule has 2 fully saturated rings. The summed E-state index contributed by atoms with van der Waals surface area (Å²) in [7, 11) is 0. The number of aromatic nitrogens is 1. The lowest BCUT2D eigenvalue weighted by atomic mass is 9.79. The normalized spacial score (nSPS) is 22.5. The van der Waals surface area contributed by atoms with Gasteiger partial charge in [0.05, 0.1) is 16.3 Å². The maximum absolute atomic E-state index is 14.7. The van der Waals surface area contributed by atoms with Crippen LogP contribution in [0.1, 0.15) is 48.1 Å². The Labute approximate surface area is 217 Å². The molecule has 0 radical (unpaired) electrons. The summed E-state index contributed by atoms with van der Waals surface area (Å²) in [5.41, 5.74) is -1.87. The van der Waals surface area contributed by atoms with Crippen LogP contribution in [-0.2, 0) is 18.1 Å². The van der Waals surface area contributed by atoms with Gasteiger partial charge in [-0.05, 0) is 72.6 Å². The van der Waals surface area contributed by atoms with E-state index in [-0.39, 0.29) is 23.7 Å². The van der Waals surface area contributed by atoms with E-state index in [2.05, 4.69) is 15.6 Å². The largest absolute Gasteiger partial charge is 0.416 e. The minimum Gasteiger partial charge on any atom is -0.335 e. The van der Waals surface area contributed by atoms with E-state index in [9.17, 15) is 22.4 Å². The maximum Gasteiger partial charge on any atom is 0.416 e. The lowest BCUT2D eigenvalue weighted by Gasteiger charge is -2.36. The first-order chi connectivity index (χ1) is 17.6. The second-order valence-corrected chi connectivity index (χ2v) is 10.5. The number of hydrogen-bond acceptors (Lipinski definition) is 2. The van der Waals surface area contributed by atoms with Crippen LogP contribution in [-0.4, -0.2) is 17.1 Å². The van der Waals surface area contributed by atoms with Crippen LogP contribution in [0.15, 0.2) is 66.9 Å². The summed E-state index contributed by atoms with van der Waals surface area (Å²) in [6.45, 7) is 0. The number of alkyl halides is 3. The average Bonchev–Trinajstić information content (AvgIpc) is 3.47. The molecular weight excluding hydrogens is 506 g/mol. The monoisotopic (exact) mass is 531 g/mol. The average molecular weight is 532 g/mol. The third kappa shape index (κ3) is 5.44. The minimum atomic E-state index is -4.78. The molecular formula is C28H26ClF4N3O. The Morgan fingerprint density at radius 2 is 1.76 bits per heavy atom. The first-order valence-corrected chi connectivity index (χ1v) is 12.6. The van der Waals surface area contributed by atoms with E-state index >= 15 is 0 Å². The van der Waals surface area contributed by atoms with Crippen LogP contribution in [0.25, 0.3) is 0 Å². The van der Waals surface area contributed by atoms with Crippen LogP contribution < -0.4 is 10.6 Å². The number of amides is 2. The van der Waals surface area contributed by atoms with Crippen molar-refractivity contribution < 1.29 is 22.4 Å². The van der Waals surface area contributed by atoms with Crippen molar-refractivity contribution in [1.82, 2.24) is 15.6 Å². The highest BCUT2D eigenvalue weighted by Crippen LogP contribution is 2.44. The van der Waals surface area contributed by atoms with Crippen molar-refractivity contribution in [2.45, 2.75) is 49.9 Å². The molecule has 1 heterocycles. The van der Waals surface area contributed by atoms with Gasteiger partial charge in [0.15, 0.2) is 0 Å². The summed E-state index contributed by atoms with van der Waals surface area (Å²) in [4.78, 5) is 17.9. The fourth-order valence-electron chi connectivity index (χ4n) is 5.87. The van der Waals surface area contributed by atoms with Crippen LogP contribution >= 0.6 is 11.6 Å². The highest BCUT2D eigenvalue weighted by Gasteiger charge is 2.43. The molecule has 3 aromatic rings. The summed E-state index contributed by atoms with van der Waals surface area (Å²) < 4.78 is 55.9. The highest BCUT2D eigenvalue weighted by atomic mass is 35.5. The van der Waals surface area contributed by atoms with E-state index in [0.29, 0.717) is 22.9 Å². The van der Waals surface area contributed by atoms with Crippen LogP contribution in [0.5, 0.6) is 0 Å². The molecule has 2 aromatic carbocycles. The first kappa shape index (κ1) is 25.5. The van der Waals surface area contributed by atoms with Gasteiger partial charge >= 0.3 is 12.2 Å². The van der Waals surface area contributed by atoms with Crippen molar-refractivity contribution in [3.63, 3.8) is 0 Å². The standard InChI is InChI=1S/C28H26ClF4N3O/c29-22-8-9-25(34-16-22)27(15-17-4-2-1-3-5-17,20-12-21(28(31,32)33)14-23(30)13-20)36-26(37)35-24-11-18-6-7-19(24)10-18/h1-5,8-9,12-14,16,18-19,24H,6-7,10-11,15H2,(H2,35,36,37)/t18-,19+,24-,27+/m1/s1. The fourth-order valence-corrected chi connectivity index (χ4v) is 5.98. The number of fused-ring (bicyclic) bond motifs is 2. The molecule has 37 heavy (non-hydrogen) atoms. The van der Waals surface area contributed by atoms with Gasteiger partial charge in [0.25, 0.3) is 0 Å². The molecule has 4 nitrogen and oxygen atoms in total. The molecule has 2 N–H and O–H groups in total. The molecule has 0 saturated heterocycles. The SMILES string of the molecule is O=C(N[C@@H]1C[C@@H]2CC[C@H]1C2)N[C@@](Cc1ccccc1)(c1cc(F)cc(C(F)(F)F)c1)c1ccc(Cl)cn1. The van der Waals surface area contributed by atoms with Gasteiger partial charge in [0, 0.05) is 18.7 Å². The first-order valence-electron chi connectivity index (χ1n) is 12.3. The highest BCUT2D eigenvalue weighted by molar-refractivity contribution is 6.30. The molecule has 9 heteroatoms. The molecule has 2 amide bonds. The predicted octanol–water partition coefficient (Wildman–Crippen LogP) is 6.87. The summed E-state index contributed by atoms with van der Waals surface area (Å²) in [5, 5.41) is 6.29. The van der Waals surface area contributed by atoms with E-state index in [4.69, 9.17) is 11.6 Å². The van der Waals surface area contributed by atoms with E-state index in [1.54, 1.807) is 36.4 Å². The molecule has 2 bridgehead atoms. The summed E-state index contributed by atoms with van der Waals surface area (Å²) in [5.74, 6) is -0.0923. The Bertz CT molecular complexity index is 1270. The lowest BCUT2D eigenvalue weighted by Crippen LogP contribution is -2.55. The zero-order valence-electron chi connectivity index (χ0n) is 19.9. The Morgan fingerprint density at radius 3 is 2.38 bits per heavy atom. The van der Waals surface area contributed by atoms with Gasteiger partial charge in [0.1, 0.15) is 11.4 Å². The quantitative estimate of drug-likeness (QED) is 0.341. The Morgan fingerprint density at radius 1 is 1.00 bits per heavy atom. The van der Waals surface area contributed by atoms with E-state index in [1.165, 1.54) is 6.20 Å². The van der Waals surface area contributed by atoms with Crippen molar-refractivity contribution in [3.05, 3.63) is 100 Å². The Kier molecular flexibility index (Phi) is 6.88. The number of nitrogens with zero attached hydrogens (tertiary/aromatic N) is 1. The fraction of sp³-hybridized carbons (Fsp3) is 0.357. The van der Waals surface area contributed by atoms with Crippen molar-refractivity contribution in [3.8, 4) is 0 Å². The molecule has 0 spiro atoms. The Balaban J connectivity index is 1.62. The zero-order valence-corrected chi connectivity index (χ0v) is 20.6. The number of urea groups is 1. The van der Waals surface area contributed by atoms with E-state index < -0.39 is 29.1 Å². The molecule has 5 rings (SSSR count). The number of carbonyl (C=O) groups is 1. The second kappa shape index (κ2) is 9.97. The predicted molar refractivity (Wildman–Crippen MR) is 132 cm³/mol. The van der Waals surface area contributed by atoms with Crippen LogP contribution in [0.3, 0.4) is 0 Å². The molecule has 0 unspecified atom stereocenters. The third-order valence-electron chi connectivity index (χ3n) is 7.58. The van der Waals surface area contributed by atoms with Crippen molar-refractivity contribution >= 4 is 17.6 Å². The molecule has 4 atom stereocenters. The Hall–Kier alpha value is -3.13. The number of pyridine rings is 1. The number of nitrogens with one attached hydrogen (secondary N) is 2. The second-order valence-electron chi connectivity index (χ2n) is 10.0. The number of carbonyl (C=O) groups excluding carboxylic acids is 1. The van der Waals surface area contributed by atoms with Gasteiger partial charge in [-0.25, -0.2) is 9.18 Å². The smallest absolute Gasteiger partial charge is 0.335 e. The lowest BCUT2D eigenvalue weighted by molar-refractivity contribution is -0.137. The number of halogens is 5.